The van der Waals surface area contributed by atoms with Gasteiger partial charge in [-0.15, -0.1) is 0 Å². The molecule has 2 aromatic rings. The summed E-state index contributed by atoms with van der Waals surface area (Å²) >= 11 is 0. The number of nitrogens with zero attached hydrogens (tertiary/aromatic N) is 2. The summed E-state index contributed by atoms with van der Waals surface area (Å²) in [6, 6.07) is 8.13. The maximum Gasteiger partial charge on any atom is 0.227 e. The molecule has 0 amide bonds. The van der Waals surface area contributed by atoms with Crippen LogP contribution in [0.25, 0.3) is 0 Å². The smallest absolute Gasteiger partial charge is 0.227 e. The summed E-state index contributed by atoms with van der Waals surface area (Å²) in [7, 11) is 0. The van der Waals surface area contributed by atoms with E-state index in [0.717, 1.165) is 18.7 Å². The first-order chi connectivity index (χ1) is 8.42. The SMILES string of the molecule is c1cnc(Nc2ccc3c(c2)CCCN3)nc1. The van der Waals surface area contributed by atoms with Crippen molar-refractivity contribution in [2.45, 2.75) is 12.8 Å². The first-order valence-electron chi connectivity index (χ1n) is 5.83. The Bertz CT molecular complexity index is 510. The summed E-state index contributed by atoms with van der Waals surface area (Å²) < 4.78 is 0. The highest BCUT2D eigenvalue weighted by atomic mass is 15.1. The van der Waals surface area contributed by atoms with Crippen molar-refractivity contribution in [2.24, 2.45) is 0 Å². The zero-order valence-corrected chi connectivity index (χ0v) is 9.48. The number of hydrogen-bond acceptors (Lipinski definition) is 4. The van der Waals surface area contributed by atoms with Crippen LogP contribution in [0.1, 0.15) is 12.0 Å². The monoisotopic (exact) mass is 226 g/mol. The van der Waals surface area contributed by atoms with Crippen LogP contribution >= 0.6 is 0 Å². The van der Waals surface area contributed by atoms with Gasteiger partial charge >= 0.3 is 0 Å². The molecule has 1 aromatic heterocycles. The first-order valence-corrected chi connectivity index (χ1v) is 5.83. The Hall–Kier alpha value is -2.10. The van der Waals surface area contributed by atoms with Crippen LogP contribution in [-0.4, -0.2) is 16.5 Å². The highest BCUT2D eigenvalue weighted by Gasteiger charge is 2.08. The second-order valence-corrected chi connectivity index (χ2v) is 4.10. The van der Waals surface area contributed by atoms with Gasteiger partial charge in [0, 0.05) is 30.3 Å². The molecule has 3 rings (SSSR count). The highest BCUT2D eigenvalue weighted by Crippen LogP contribution is 2.25. The van der Waals surface area contributed by atoms with Gasteiger partial charge in [-0.25, -0.2) is 9.97 Å². The number of aryl methyl sites for hydroxylation is 1. The second kappa shape index (κ2) is 4.41. The van der Waals surface area contributed by atoms with E-state index in [2.05, 4.69) is 32.7 Å². The molecule has 0 radical (unpaired) electrons. The summed E-state index contributed by atoms with van der Waals surface area (Å²) in [5.74, 6) is 0.635. The van der Waals surface area contributed by atoms with E-state index in [-0.39, 0.29) is 0 Å². The number of hydrogen-bond donors (Lipinski definition) is 2. The minimum atomic E-state index is 0.635. The lowest BCUT2D eigenvalue weighted by atomic mass is 10.0. The summed E-state index contributed by atoms with van der Waals surface area (Å²) in [6.45, 7) is 1.07. The maximum absolute atomic E-state index is 4.15. The first kappa shape index (κ1) is 10.1. The Morgan fingerprint density at radius 3 is 2.94 bits per heavy atom. The van der Waals surface area contributed by atoms with Gasteiger partial charge < -0.3 is 10.6 Å². The van der Waals surface area contributed by atoms with E-state index in [4.69, 9.17) is 0 Å². The Morgan fingerprint density at radius 1 is 1.18 bits per heavy atom. The molecule has 0 saturated carbocycles. The van der Waals surface area contributed by atoms with Crippen molar-refractivity contribution in [2.75, 3.05) is 17.2 Å². The minimum absolute atomic E-state index is 0.635. The Labute approximate surface area is 100 Å². The zero-order valence-electron chi connectivity index (χ0n) is 9.48. The van der Waals surface area contributed by atoms with Crippen molar-refractivity contribution in [1.29, 1.82) is 0 Å². The average molecular weight is 226 g/mol. The van der Waals surface area contributed by atoms with Crippen LogP contribution in [0.2, 0.25) is 0 Å². The molecule has 0 aliphatic carbocycles. The number of nitrogens with one attached hydrogen (secondary N) is 2. The summed E-state index contributed by atoms with van der Waals surface area (Å²) in [6.07, 6.45) is 5.79. The Balaban J connectivity index is 1.84. The molecule has 0 unspecified atom stereocenters. The largest absolute Gasteiger partial charge is 0.385 e. The molecule has 0 fully saturated rings. The molecule has 2 heterocycles. The summed E-state index contributed by atoms with van der Waals surface area (Å²) in [5.41, 5.74) is 3.65. The predicted molar refractivity (Wildman–Crippen MR) is 68.6 cm³/mol. The third-order valence-corrected chi connectivity index (χ3v) is 2.87. The fourth-order valence-corrected chi connectivity index (χ4v) is 2.05. The van der Waals surface area contributed by atoms with Gasteiger partial charge in [0.05, 0.1) is 0 Å². The predicted octanol–water partition coefficient (Wildman–Crippen LogP) is 2.58. The van der Waals surface area contributed by atoms with Crippen LogP contribution in [0.3, 0.4) is 0 Å². The second-order valence-electron chi connectivity index (χ2n) is 4.10. The fourth-order valence-electron chi connectivity index (χ4n) is 2.05. The van der Waals surface area contributed by atoms with Crippen LogP contribution < -0.4 is 10.6 Å². The van der Waals surface area contributed by atoms with Crippen molar-refractivity contribution in [3.63, 3.8) is 0 Å². The standard InChI is InChI=1S/C13H14N4/c1-3-10-9-11(4-5-12(10)14-6-1)17-13-15-7-2-8-16-13/h2,4-5,7-9,14H,1,3,6H2,(H,15,16,17). The molecule has 4 nitrogen and oxygen atoms in total. The van der Waals surface area contributed by atoms with E-state index in [1.165, 1.54) is 17.7 Å². The molecule has 1 aromatic carbocycles. The van der Waals surface area contributed by atoms with Gasteiger partial charge in [-0.2, -0.15) is 0 Å². The average Bonchev–Trinajstić information content (AvgIpc) is 2.40. The maximum atomic E-state index is 4.15. The van der Waals surface area contributed by atoms with Crippen molar-refractivity contribution >= 4 is 17.3 Å². The fraction of sp³-hybridized carbons (Fsp3) is 0.231. The normalized spacial score (nSPS) is 13.6. The van der Waals surface area contributed by atoms with E-state index in [0.29, 0.717) is 5.95 Å². The van der Waals surface area contributed by atoms with E-state index < -0.39 is 0 Å². The number of anilines is 3. The van der Waals surface area contributed by atoms with Crippen molar-refractivity contribution in [3.8, 4) is 0 Å². The molecule has 0 saturated heterocycles. The van der Waals surface area contributed by atoms with Gasteiger partial charge in [-0.05, 0) is 42.7 Å². The van der Waals surface area contributed by atoms with Crippen LogP contribution in [0, 0.1) is 0 Å². The van der Waals surface area contributed by atoms with Crippen molar-refractivity contribution in [1.82, 2.24) is 9.97 Å². The van der Waals surface area contributed by atoms with Gasteiger partial charge in [0.15, 0.2) is 0 Å². The Kier molecular flexibility index (Phi) is 2.62. The third kappa shape index (κ3) is 2.20. The van der Waals surface area contributed by atoms with Gasteiger partial charge in [0.25, 0.3) is 0 Å². The molecule has 2 N–H and O–H groups in total. The van der Waals surface area contributed by atoms with E-state index in [1.807, 2.05) is 12.1 Å². The topological polar surface area (TPSA) is 49.8 Å². The lowest BCUT2D eigenvalue weighted by Gasteiger charge is -2.18. The molecular formula is C13H14N4. The molecule has 17 heavy (non-hydrogen) atoms. The van der Waals surface area contributed by atoms with Crippen LogP contribution in [0.5, 0.6) is 0 Å². The lowest BCUT2D eigenvalue weighted by Crippen LogP contribution is -2.11. The van der Waals surface area contributed by atoms with E-state index in [9.17, 15) is 0 Å². The van der Waals surface area contributed by atoms with Crippen LogP contribution in [0.4, 0.5) is 17.3 Å². The Morgan fingerprint density at radius 2 is 2.06 bits per heavy atom. The van der Waals surface area contributed by atoms with Crippen LogP contribution in [-0.2, 0) is 6.42 Å². The quantitative estimate of drug-likeness (QED) is 0.826. The molecule has 0 bridgehead atoms. The van der Waals surface area contributed by atoms with E-state index >= 15 is 0 Å². The number of benzene rings is 1. The van der Waals surface area contributed by atoms with E-state index in [1.54, 1.807) is 12.4 Å². The molecular weight excluding hydrogens is 212 g/mol. The lowest BCUT2D eigenvalue weighted by molar-refractivity contribution is 0.830. The number of fused-ring (bicyclic) bond motifs is 1. The minimum Gasteiger partial charge on any atom is -0.385 e. The van der Waals surface area contributed by atoms with Gasteiger partial charge in [0.1, 0.15) is 0 Å². The third-order valence-electron chi connectivity index (χ3n) is 2.87. The number of aromatic nitrogens is 2. The highest BCUT2D eigenvalue weighted by molar-refractivity contribution is 5.63. The van der Waals surface area contributed by atoms with Crippen LogP contribution in [0.15, 0.2) is 36.7 Å². The molecule has 0 spiro atoms. The molecule has 86 valence electrons. The molecule has 1 aliphatic rings. The molecule has 1 aliphatic heterocycles. The van der Waals surface area contributed by atoms with Crippen molar-refractivity contribution in [3.05, 3.63) is 42.2 Å². The molecule has 4 heteroatoms. The van der Waals surface area contributed by atoms with Gasteiger partial charge in [0.2, 0.25) is 5.95 Å². The number of rotatable bonds is 2. The summed E-state index contributed by atoms with van der Waals surface area (Å²) in [4.78, 5) is 8.30. The van der Waals surface area contributed by atoms with Crippen molar-refractivity contribution < 1.29 is 0 Å². The zero-order chi connectivity index (χ0) is 11.5. The van der Waals surface area contributed by atoms with Gasteiger partial charge in [-0.1, -0.05) is 0 Å². The molecule has 0 atom stereocenters. The van der Waals surface area contributed by atoms with Gasteiger partial charge in [-0.3, -0.25) is 0 Å². The summed E-state index contributed by atoms with van der Waals surface area (Å²) in [5, 5.41) is 6.60.